The third-order valence-electron chi connectivity index (χ3n) is 5.67. The number of aromatic nitrogens is 2. The monoisotopic (exact) mass is 551 g/mol. The van der Waals surface area contributed by atoms with Crippen LogP contribution in [0.25, 0.3) is 56.1 Å². The fraction of sp³-hybridized carbons (Fsp3) is 0. The third-order valence-corrected chi connectivity index (χ3v) is 7.04. The first kappa shape index (κ1) is 22.2. The normalized spacial score (nSPS) is 11.7. The van der Waals surface area contributed by atoms with E-state index in [2.05, 4.69) is 32.1 Å². The lowest BCUT2D eigenvalue weighted by molar-refractivity contribution is 0.441. The predicted octanol–water partition coefficient (Wildman–Crippen LogP) is 7.55. The molecule has 0 aliphatic rings. The molecule has 3 aromatic heterocycles. The lowest BCUT2D eigenvalue weighted by Gasteiger charge is -2.00. The van der Waals surface area contributed by atoms with Crippen LogP contribution in [0.1, 0.15) is 10.6 Å². The van der Waals surface area contributed by atoms with Crippen molar-refractivity contribution in [3.63, 3.8) is 0 Å². The van der Waals surface area contributed by atoms with Crippen molar-refractivity contribution in [1.29, 1.82) is 5.26 Å². The first-order valence-corrected chi connectivity index (χ1v) is 12.5. The Labute approximate surface area is 216 Å². The van der Waals surface area contributed by atoms with Crippen LogP contribution in [0, 0.1) is 11.3 Å². The molecule has 0 spiro atoms. The van der Waals surface area contributed by atoms with E-state index in [0.717, 1.165) is 31.9 Å². The van der Waals surface area contributed by atoms with E-state index in [0.29, 0.717) is 33.2 Å². The summed E-state index contributed by atoms with van der Waals surface area (Å²) in [5.74, 6) is 0.672. The highest BCUT2D eigenvalue weighted by atomic mass is 79.9. The molecule has 172 valence electrons. The third kappa shape index (κ3) is 4.05. The molecular weight excluding hydrogens is 538 g/mol. The Morgan fingerprint density at radius 3 is 2.75 bits per heavy atom. The van der Waals surface area contributed by atoms with Gasteiger partial charge in [0.2, 0.25) is 0 Å². The predicted molar refractivity (Wildman–Crippen MR) is 144 cm³/mol. The zero-order chi connectivity index (χ0) is 24.6. The molecule has 0 bridgehead atoms. The van der Waals surface area contributed by atoms with E-state index >= 15 is 0 Å². The smallest absolute Gasteiger partial charge is 0.345 e. The summed E-state index contributed by atoms with van der Waals surface area (Å²) in [6.07, 6.45) is 1.77. The number of nitrogens with zero attached hydrogens (tertiary/aromatic N) is 3. The highest BCUT2D eigenvalue weighted by Gasteiger charge is 2.15. The van der Waals surface area contributed by atoms with Crippen LogP contribution in [0.5, 0.6) is 0 Å². The van der Waals surface area contributed by atoms with Gasteiger partial charge in [0.05, 0.1) is 22.2 Å². The largest absolute Gasteiger partial charge is 0.422 e. The molecule has 0 saturated heterocycles. The second-order valence-corrected chi connectivity index (χ2v) is 9.77. The fourth-order valence-electron chi connectivity index (χ4n) is 3.95. The molecule has 6 nitrogen and oxygen atoms in total. The van der Waals surface area contributed by atoms with Gasteiger partial charge in [-0.3, -0.25) is 0 Å². The first-order chi connectivity index (χ1) is 17.6. The molecule has 0 radical (unpaired) electrons. The van der Waals surface area contributed by atoms with Crippen molar-refractivity contribution in [2.45, 2.75) is 0 Å². The van der Waals surface area contributed by atoms with Crippen molar-refractivity contribution in [2.75, 3.05) is 0 Å². The summed E-state index contributed by atoms with van der Waals surface area (Å²) in [7, 11) is 0. The molecule has 6 aromatic rings. The van der Waals surface area contributed by atoms with E-state index in [1.165, 1.54) is 11.3 Å². The molecule has 0 atom stereocenters. The molecule has 0 N–H and O–H groups in total. The summed E-state index contributed by atoms with van der Waals surface area (Å²) in [5, 5.41) is 17.9. The van der Waals surface area contributed by atoms with Crippen LogP contribution in [0.4, 0.5) is 0 Å². The van der Waals surface area contributed by atoms with E-state index in [1.54, 1.807) is 23.6 Å². The van der Waals surface area contributed by atoms with Gasteiger partial charge in [-0.05, 0) is 48.0 Å². The van der Waals surface area contributed by atoms with Gasteiger partial charge in [-0.25, -0.2) is 9.78 Å². The number of rotatable bonds is 4. The Morgan fingerprint density at radius 2 is 1.92 bits per heavy atom. The number of hydrogen-bond donors (Lipinski definition) is 0. The Bertz CT molecular complexity index is 1900. The summed E-state index contributed by atoms with van der Waals surface area (Å²) >= 11 is 4.74. The van der Waals surface area contributed by atoms with Crippen LogP contribution >= 0.6 is 27.3 Å². The summed E-state index contributed by atoms with van der Waals surface area (Å²) < 4.78 is 11.9. The Balaban J connectivity index is 1.38. The molecule has 0 unspecified atom stereocenters. The second kappa shape index (κ2) is 9.04. The number of thiazole rings is 1. The van der Waals surface area contributed by atoms with E-state index < -0.39 is 5.63 Å². The van der Waals surface area contributed by atoms with Crippen LogP contribution in [0.2, 0.25) is 0 Å². The zero-order valence-electron chi connectivity index (χ0n) is 18.4. The molecular formula is C28H14BrN3O3S. The van der Waals surface area contributed by atoms with E-state index in [9.17, 15) is 10.1 Å². The molecule has 0 aliphatic carbocycles. The summed E-state index contributed by atoms with van der Waals surface area (Å²) in [4.78, 5) is 17.2. The summed E-state index contributed by atoms with van der Waals surface area (Å²) in [5.41, 5.74) is 3.69. The van der Waals surface area contributed by atoms with Crippen LogP contribution in [0.15, 0.2) is 96.4 Å². The Kier molecular flexibility index (Phi) is 5.56. The van der Waals surface area contributed by atoms with E-state index in [1.807, 2.05) is 60.7 Å². The number of fused-ring (bicyclic) bond motifs is 2. The quantitative estimate of drug-likeness (QED) is 0.166. The highest BCUT2D eigenvalue weighted by Crippen LogP contribution is 2.32. The second-order valence-electron chi connectivity index (χ2n) is 7.99. The van der Waals surface area contributed by atoms with Gasteiger partial charge < -0.3 is 8.94 Å². The zero-order valence-corrected chi connectivity index (χ0v) is 20.8. The molecule has 8 heteroatoms. The average Bonchev–Trinajstić information content (AvgIpc) is 3.55. The lowest BCUT2D eigenvalue weighted by atomic mass is 10.0. The number of halogens is 1. The molecule has 36 heavy (non-hydrogen) atoms. The number of allylic oxidation sites excluding steroid dienone is 1. The van der Waals surface area contributed by atoms with Gasteiger partial charge in [-0.1, -0.05) is 57.5 Å². The van der Waals surface area contributed by atoms with Gasteiger partial charge in [0.1, 0.15) is 22.2 Å². The minimum Gasteiger partial charge on any atom is -0.422 e. The summed E-state index contributed by atoms with van der Waals surface area (Å²) in [6, 6.07) is 24.8. The first-order valence-electron chi connectivity index (χ1n) is 10.9. The van der Waals surface area contributed by atoms with Crippen LogP contribution < -0.4 is 5.63 Å². The van der Waals surface area contributed by atoms with Crippen molar-refractivity contribution in [3.05, 3.63) is 104 Å². The Morgan fingerprint density at radius 1 is 1.06 bits per heavy atom. The molecule has 0 fully saturated rings. The maximum Gasteiger partial charge on any atom is 0.345 e. The molecule has 3 heterocycles. The van der Waals surface area contributed by atoms with Crippen molar-refractivity contribution in [3.8, 4) is 28.7 Å². The van der Waals surface area contributed by atoms with Crippen LogP contribution in [-0.4, -0.2) is 10.1 Å². The average molecular weight is 552 g/mol. The van der Waals surface area contributed by atoms with Gasteiger partial charge >= 0.3 is 5.63 Å². The number of nitriles is 1. The number of benzene rings is 3. The van der Waals surface area contributed by atoms with Crippen molar-refractivity contribution in [1.82, 2.24) is 10.1 Å². The number of hydrogen-bond acceptors (Lipinski definition) is 7. The topological polar surface area (TPSA) is 92.9 Å². The SMILES string of the molecule is N#C/C(=C\c1ccc2noc(-c3ccccc3)c2c1)c1nc(-c2cc3cc(Br)ccc3oc2=O)cs1. The van der Waals surface area contributed by atoms with E-state index in [-0.39, 0.29) is 0 Å². The van der Waals surface area contributed by atoms with Crippen LogP contribution in [0.3, 0.4) is 0 Å². The lowest BCUT2D eigenvalue weighted by Crippen LogP contribution is -2.02. The minimum absolute atomic E-state index is 0.346. The maximum atomic E-state index is 12.6. The molecule has 0 saturated carbocycles. The fourth-order valence-corrected chi connectivity index (χ4v) is 5.11. The van der Waals surface area contributed by atoms with E-state index in [4.69, 9.17) is 8.94 Å². The van der Waals surface area contributed by atoms with Crippen molar-refractivity contribution >= 4 is 60.8 Å². The van der Waals surface area contributed by atoms with Gasteiger partial charge in [-0.2, -0.15) is 5.26 Å². The van der Waals surface area contributed by atoms with Crippen molar-refractivity contribution < 1.29 is 8.94 Å². The summed E-state index contributed by atoms with van der Waals surface area (Å²) in [6.45, 7) is 0. The highest BCUT2D eigenvalue weighted by molar-refractivity contribution is 9.10. The van der Waals surface area contributed by atoms with Crippen molar-refractivity contribution in [2.24, 2.45) is 0 Å². The van der Waals surface area contributed by atoms with Crippen LogP contribution in [-0.2, 0) is 0 Å². The molecule has 0 aliphatic heterocycles. The standard InChI is InChI=1S/C28H14BrN3O3S/c29-20-7-9-25-18(12-20)13-22(28(33)34-25)24-15-36-27(31-24)19(14-30)10-16-6-8-23-21(11-16)26(35-32-23)17-4-2-1-3-5-17/h1-13,15H/b19-10+. The molecule has 3 aromatic carbocycles. The minimum atomic E-state index is -0.476. The maximum absolute atomic E-state index is 12.6. The van der Waals surface area contributed by atoms with Gasteiger partial charge in [0, 0.05) is 20.8 Å². The van der Waals surface area contributed by atoms with Gasteiger partial charge in [0.15, 0.2) is 5.76 Å². The Hall–Kier alpha value is -4.32. The molecule has 0 amide bonds. The van der Waals surface area contributed by atoms with Gasteiger partial charge in [-0.15, -0.1) is 11.3 Å². The molecule has 6 rings (SSSR count). The van der Waals surface area contributed by atoms with Gasteiger partial charge in [0.25, 0.3) is 0 Å².